The quantitative estimate of drug-likeness (QED) is 0.118. The van der Waals surface area contributed by atoms with Crippen LogP contribution < -0.4 is 0 Å². The molecule has 372 valence electrons. The standard InChI is InChI=1S/C48H78O17/c1-22-30(51)32(53)36(57)40(61-22)65-38-24(20-59-39-35(56)33(54)31(52)23(19-49)62-39)63-41(37(58)34(38)55)64-29-11-12-44(6)25(43(29,4)5)9-13-45(7)26(44)10-14-48-27-17-42(2,3)15-16-47(27,21-60-48)28(50)18-46(45,48)8/h10,14,22-41,49-58H,9,11-13,15-21H2,1-8H3/t22-,23+,24-,25+,26-,27-,28+,29+,30-,31+,32+,33-,34-,35+,36+,37-,38-,39+,40-,41+,44+,45-,46+,47-,48+/m0/s1. The van der Waals surface area contributed by atoms with Crippen LogP contribution in [0.4, 0.5) is 0 Å². The Hall–Kier alpha value is -0.940. The molecular weight excluding hydrogens is 849 g/mol. The summed E-state index contributed by atoms with van der Waals surface area (Å²) in [5.74, 6) is 0.593. The summed E-state index contributed by atoms with van der Waals surface area (Å²) in [5.41, 5.74) is -1.61. The van der Waals surface area contributed by atoms with E-state index in [-0.39, 0.29) is 44.8 Å². The zero-order valence-corrected chi connectivity index (χ0v) is 39.3. The molecule has 10 N–H and O–H groups in total. The highest BCUT2D eigenvalue weighted by atomic mass is 16.8. The number of hydrogen-bond donors (Lipinski definition) is 10. The Labute approximate surface area is 382 Å². The molecular formula is C48H78O17. The highest BCUT2D eigenvalue weighted by Crippen LogP contribution is 2.79. The van der Waals surface area contributed by atoms with Crippen LogP contribution in [0.3, 0.4) is 0 Å². The maximum Gasteiger partial charge on any atom is 0.187 e. The van der Waals surface area contributed by atoms with Gasteiger partial charge in [-0.15, -0.1) is 0 Å². The summed E-state index contributed by atoms with van der Waals surface area (Å²) in [4.78, 5) is 0. The molecule has 4 aliphatic heterocycles. The fourth-order valence-electron chi connectivity index (χ4n) is 15.7. The molecule has 25 atom stereocenters. The summed E-state index contributed by atoms with van der Waals surface area (Å²) in [5, 5.41) is 109. The highest BCUT2D eigenvalue weighted by molar-refractivity contribution is 5.36. The van der Waals surface area contributed by atoms with Crippen LogP contribution in [-0.4, -0.2) is 181 Å². The molecule has 0 aromatic heterocycles. The van der Waals surface area contributed by atoms with Gasteiger partial charge in [0.15, 0.2) is 18.9 Å². The SMILES string of the molecule is C[C@@H]1O[C@@H](O[C@@H]2[C@@H](O)[C@H](O)[C@@H](O[C@@H]3CC[C@]4(C)[C@H](CC[C@@]5(C)[C@H]4C=C[C@@]46OC[C@]7(CCC(C)(C)C[C@@H]74)[C@H](O)C[C@]56C)C3(C)C)O[C@H]2CO[C@@H]2O[C@H](CO)[C@@H](O)[C@H](O)[C@H]2O)[C@H](O)[C@H](O)[C@H]1O. The number of fused-ring (bicyclic) bond motifs is 4. The predicted molar refractivity (Wildman–Crippen MR) is 228 cm³/mol. The maximum atomic E-state index is 12.2. The fraction of sp³-hybridized carbons (Fsp3) is 0.958. The van der Waals surface area contributed by atoms with Crippen molar-refractivity contribution in [2.24, 2.45) is 50.2 Å². The highest BCUT2D eigenvalue weighted by Gasteiger charge is 2.79. The van der Waals surface area contributed by atoms with Gasteiger partial charge in [0.25, 0.3) is 0 Å². The maximum absolute atomic E-state index is 12.2. The number of allylic oxidation sites excluding steroid dienone is 1. The van der Waals surface area contributed by atoms with Gasteiger partial charge in [0.1, 0.15) is 67.1 Å². The van der Waals surface area contributed by atoms with Gasteiger partial charge in [0.05, 0.1) is 43.7 Å². The Kier molecular flexibility index (Phi) is 12.5. The number of hydrogen-bond acceptors (Lipinski definition) is 17. The minimum absolute atomic E-state index is 0.163. The zero-order chi connectivity index (χ0) is 47.2. The number of aliphatic hydroxyl groups excluding tert-OH is 10. The van der Waals surface area contributed by atoms with E-state index in [1.165, 1.54) is 6.92 Å². The monoisotopic (exact) mass is 927 g/mol. The molecule has 2 bridgehead atoms. The first-order valence-electron chi connectivity index (χ1n) is 24.3. The average Bonchev–Trinajstić information content (AvgIpc) is 3.52. The lowest BCUT2D eigenvalue weighted by molar-refractivity contribution is -0.374. The fourth-order valence-corrected chi connectivity index (χ4v) is 15.7. The summed E-state index contributed by atoms with van der Waals surface area (Å²) in [6.45, 7) is 17.2. The molecule has 4 saturated heterocycles. The summed E-state index contributed by atoms with van der Waals surface area (Å²) < 4.78 is 43.5. The van der Waals surface area contributed by atoms with Gasteiger partial charge < -0.3 is 84.2 Å². The molecule has 65 heavy (non-hydrogen) atoms. The minimum Gasteiger partial charge on any atom is -0.394 e. The third-order valence-electron chi connectivity index (χ3n) is 19.9. The van der Waals surface area contributed by atoms with Gasteiger partial charge in [-0.3, -0.25) is 0 Å². The van der Waals surface area contributed by atoms with Crippen molar-refractivity contribution >= 4 is 0 Å². The summed E-state index contributed by atoms with van der Waals surface area (Å²) >= 11 is 0. The molecule has 0 unspecified atom stereocenters. The smallest absolute Gasteiger partial charge is 0.187 e. The third-order valence-corrected chi connectivity index (χ3v) is 19.9. The van der Waals surface area contributed by atoms with Gasteiger partial charge in [-0.25, -0.2) is 0 Å². The molecule has 17 nitrogen and oxygen atoms in total. The van der Waals surface area contributed by atoms with Crippen molar-refractivity contribution in [3.05, 3.63) is 12.2 Å². The van der Waals surface area contributed by atoms with Crippen LogP contribution in [0.15, 0.2) is 12.2 Å². The van der Waals surface area contributed by atoms with Gasteiger partial charge in [-0.05, 0) is 91.8 Å². The second-order valence-corrected chi connectivity index (χ2v) is 24.0. The van der Waals surface area contributed by atoms with Crippen molar-refractivity contribution < 1.29 is 84.2 Å². The van der Waals surface area contributed by atoms with E-state index in [0.717, 1.165) is 38.5 Å². The summed E-state index contributed by atoms with van der Waals surface area (Å²) in [6, 6.07) is 0. The summed E-state index contributed by atoms with van der Waals surface area (Å²) in [7, 11) is 0. The first-order valence-corrected chi connectivity index (χ1v) is 24.3. The molecule has 1 spiro atoms. The van der Waals surface area contributed by atoms with Crippen LogP contribution in [0.5, 0.6) is 0 Å². The van der Waals surface area contributed by atoms with Crippen molar-refractivity contribution in [3.63, 3.8) is 0 Å². The topological polar surface area (TPSA) is 267 Å². The van der Waals surface area contributed by atoms with E-state index < -0.39 is 129 Å². The molecule has 0 radical (unpaired) electrons. The van der Waals surface area contributed by atoms with Gasteiger partial charge in [0, 0.05) is 16.7 Å². The molecule has 8 fully saturated rings. The molecule has 5 aliphatic carbocycles. The van der Waals surface area contributed by atoms with Crippen LogP contribution in [0.2, 0.25) is 0 Å². The van der Waals surface area contributed by atoms with E-state index in [1.54, 1.807) is 0 Å². The van der Waals surface area contributed by atoms with Crippen molar-refractivity contribution in [2.75, 3.05) is 19.8 Å². The first kappa shape index (κ1) is 49.1. The van der Waals surface area contributed by atoms with Gasteiger partial charge in [0.2, 0.25) is 0 Å². The Morgan fingerprint density at radius 3 is 1.98 bits per heavy atom. The molecule has 9 aliphatic rings. The van der Waals surface area contributed by atoms with Crippen LogP contribution in [0.25, 0.3) is 0 Å². The van der Waals surface area contributed by atoms with E-state index >= 15 is 0 Å². The molecule has 0 amide bonds. The average molecular weight is 927 g/mol. The van der Waals surface area contributed by atoms with Crippen molar-refractivity contribution in [3.8, 4) is 0 Å². The third kappa shape index (κ3) is 7.09. The molecule has 0 aromatic carbocycles. The van der Waals surface area contributed by atoms with E-state index in [2.05, 4.69) is 60.6 Å². The van der Waals surface area contributed by atoms with Crippen molar-refractivity contribution in [1.29, 1.82) is 0 Å². The summed E-state index contributed by atoms with van der Waals surface area (Å²) in [6.07, 6.45) is -12.0. The Bertz CT molecular complexity index is 1780. The Balaban J connectivity index is 0.958. The van der Waals surface area contributed by atoms with Crippen molar-refractivity contribution in [2.45, 2.75) is 217 Å². The van der Waals surface area contributed by atoms with Crippen LogP contribution in [0.1, 0.15) is 107 Å². The normalized spacial score (nSPS) is 58.0. The minimum atomic E-state index is -1.75. The predicted octanol–water partition coefficient (Wildman–Crippen LogP) is 0.629. The Morgan fingerprint density at radius 1 is 0.631 bits per heavy atom. The van der Waals surface area contributed by atoms with Crippen LogP contribution in [-0.2, 0) is 33.2 Å². The second-order valence-electron chi connectivity index (χ2n) is 24.0. The number of ether oxygens (including phenoxy) is 7. The van der Waals surface area contributed by atoms with Crippen molar-refractivity contribution in [1.82, 2.24) is 0 Å². The lowest BCUT2D eigenvalue weighted by atomic mass is 9.32. The molecule has 9 rings (SSSR count). The molecule has 4 heterocycles. The van der Waals surface area contributed by atoms with E-state index in [0.29, 0.717) is 19.4 Å². The van der Waals surface area contributed by atoms with Crippen LogP contribution in [0, 0.1) is 50.2 Å². The molecule has 0 aromatic rings. The lowest BCUT2D eigenvalue weighted by Gasteiger charge is -2.73. The van der Waals surface area contributed by atoms with E-state index in [1.807, 2.05) is 0 Å². The van der Waals surface area contributed by atoms with E-state index in [4.69, 9.17) is 33.2 Å². The van der Waals surface area contributed by atoms with Crippen LogP contribution >= 0.6 is 0 Å². The molecule has 17 heteroatoms. The Morgan fingerprint density at radius 2 is 1.28 bits per heavy atom. The van der Waals surface area contributed by atoms with Gasteiger partial charge in [-0.2, -0.15) is 0 Å². The second kappa shape index (κ2) is 16.6. The lowest BCUT2D eigenvalue weighted by Crippen LogP contribution is -2.72. The molecule has 4 saturated carbocycles. The van der Waals surface area contributed by atoms with Gasteiger partial charge in [-0.1, -0.05) is 60.6 Å². The number of rotatable bonds is 8. The number of aliphatic hydroxyl groups is 10. The van der Waals surface area contributed by atoms with E-state index in [9.17, 15) is 51.1 Å². The first-order chi connectivity index (χ1) is 30.3. The zero-order valence-electron chi connectivity index (χ0n) is 39.3. The largest absolute Gasteiger partial charge is 0.394 e. The van der Waals surface area contributed by atoms with Gasteiger partial charge >= 0.3 is 0 Å².